The number of likely N-dealkylation sites (tertiary alicyclic amines) is 1. The van der Waals surface area contributed by atoms with E-state index in [0.717, 1.165) is 12.0 Å². The van der Waals surface area contributed by atoms with Crippen molar-refractivity contribution in [2.75, 3.05) is 13.2 Å². The highest BCUT2D eigenvalue weighted by atomic mass is 16.5. The molecular formula is C24H27NO4. The normalized spacial score (nSPS) is 18.5. The largest absolute Gasteiger partial charge is 0.507 e. The zero-order valence-electron chi connectivity index (χ0n) is 17.1. The van der Waals surface area contributed by atoms with Gasteiger partial charge in [0.05, 0.1) is 18.2 Å². The van der Waals surface area contributed by atoms with Crippen LogP contribution in [0.5, 0.6) is 5.75 Å². The molecular weight excluding hydrogens is 366 g/mol. The SMILES string of the molecule is CCCN1C(=O)C(=O)/C(=C(\O)c2cccc(OCC(C)C)c2)C1c1ccccc1. The number of amides is 1. The van der Waals surface area contributed by atoms with E-state index in [2.05, 4.69) is 13.8 Å². The van der Waals surface area contributed by atoms with Crippen molar-refractivity contribution >= 4 is 17.4 Å². The lowest BCUT2D eigenvalue weighted by molar-refractivity contribution is -0.139. The van der Waals surface area contributed by atoms with E-state index in [9.17, 15) is 14.7 Å². The second-order valence-electron chi connectivity index (χ2n) is 7.64. The lowest BCUT2D eigenvalue weighted by Crippen LogP contribution is -2.30. The Morgan fingerprint density at radius 3 is 2.48 bits per heavy atom. The molecule has 29 heavy (non-hydrogen) atoms. The Bertz CT molecular complexity index is 917. The van der Waals surface area contributed by atoms with Crippen molar-refractivity contribution in [3.63, 3.8) is 0 Å². The maximum absolute atomic E-state index is 12.8. The molecule has 0 spiro atoms. The minimum Gasteiger partial charge on any atom is -0.507 e. The Balaban J connectivity index is 2.07. The van der Waals surface area contributed by atoms with Crippen LogP contribution in [-0.2, 0) is 9.59 Å². The van der Waals surface area contributed by atoms with Gasteiger partial charge in [-0.15, -0.1) is 0 Å². The highest BCUT2D eigenvalue weighted by Gasteiger charge is 2.45. The van der Waals surface area contributed by atoms with Gasteiger partial charge < -0.3 is 14.7 Å². The summed E-state index contributed by atoms with van der Waals surface area (Å²) in [6, 6.07) is 15.7. The van der Waals surface area contributed by atoms with E-state index >= 15 is 0 Å². The number of rotatable bonds is 7. The molecule has 1 saturated heterocycles. The summed E-state index contributed by atoms with van der Waals surface area (Å²) in [6.07, 6.45) is 0.717. The molecule has 1 unspecified atom stereocenters. The average molecular weight is 393 g/mol. The van der Waals surface area contributed by atoms with Crippen molar-refractivity contribution in [2.45, 2.75) is 33.2 Å². The summed E-state index contributed by atoms with van der Waals surface area (Å²) in [5.74, 6) is -0.426. The van der Waals surface area contributed by atoms with E-state index in [0.29, 0.717) is 30.4 Å². The second kappa shape index (κ2) is 8.95. The zero-order chi connectivity index (χ0) is 21.0. The Hall–Kier alpha value is -3.08. The maximum Gasteiger partial charge on any atom is 0.295 e. The summed E-state index contributed by atoms with van der Waals surface area (Å²) in [5, 5.41) is 11.1. The van der Waals surface area contributed by atoms with Crippen LogP contribution in [0, 0.1) is 5.92 Å². The van der Waals surface area contributed by atoms with Crippen LogP contribution in [0.15, 0.2) is 60.2 Å². The molecule has 1 aliphatic rings. The molecule has 0 saturated carbocycles. The van der Waals surface area contributed by atoms with E-state index < -0.39 is 17.7 Å². The monoisotopic (exact) mass is 393 g/mol. The molecule has 0 radical (unpaired) electrons. The van der Waals surface area contributed by atoms with Crippen LogP contribution < -0.4 is 4.74 Å². The lowest BCUT2D eigenvalue weighted by Gasteiger charge is -2.24. The van der Waals surface area contributed by atoms with E-state index in [1.54, 1.807) is 23.1 Å². The molecule has 1 fully saturated rings. The molecule has 0 bridgehead atoms. The van der Waals surface area contributed by atoms with E-state index in [1.165, 1.54) is 0 Å². The van der Waals surface area contributed by atoms with Gasteiger partial charge in [-0.2, -0.15) is 0 Å². The van der Waals surface area contributed by atoms with Crippen molar-refractivity contribution in [1.29, 1.82) is 0 Å². The molecule has 1 amide bonds. The first-order chi connectivity index (χ1) is 13.9. The third-order valence-electron chi connectivity index (χ3n) is 4.81. The molecule has 2 aromatic carbocycles. The maximum atomic E-state index is 12.8. The fraction of sp³-hybridized carbons (Fsp3) is 0.333. The second-order valence-corrected chi connectivity index (χ2v) is 7.64. The first kappa shape index (κ1) is 20.6. The first-order valence-electron chi connectivity index (χ1n) is 10.0. The predicted octanol–water partition coefficient (Wildman–Crippen LogP) is 4.55. The number of carbonyl (C=O) groups excluding carboxylic acids is 2. The number of aliphatic hydroxyl groups is 1. The minimum absolute atomic E-state index is 0.121. The molecule has 2 aromatic rings. The molecule has 1 atom stereocenters. The summed E-state index contributed by atoms with van der Waals surface area (Å²) in [7, 11) is 0. The summed E-state index contributed by atoms with van der Waals surface area (Å²) in [5.41, 5.74) is 1.38. The highest BCUT2D eigenvalue weighted by Crippen LogP contribution is 2.39. The fourth-order valence-corrected chi connectivity index (χ4v) is 3.49. The molecule has 0 aliphatic carbocycles. The van der Waals surface area contributed by atoms with Gasteiger partial charge in [0.25, 0.3) is 11.7 Å². The van der Waals surface area contributed by atoms with E-state index in [4.69, 9.17) is 4.74 Å². The Labute approximate surface area is 171 Å². The molecule has 1 aliphatic heterocycles. The number of hydrogen-bond donors (Lipinski definition) is 1. The Morgan fingerprint density at radius 2 is 1.83 bits per heavy atom. The first-order valence-corrected chi connectivity index (χ1v) is 10.0. The zero-order valence-corrected chi connectivity index (χ0v) is 17.1. The third kappa shape index (κ3) is 4.34. The van der Waals surface area contributed by atoms with Gasteiger partial charge >= 0.3 is 0 Å². The van der Waals surface area contributed by atoms with Crippen molar-refractivity contribution < 1.29 is 19.4 Å². The van der Waals surface area contributed by atoms with Crippen molar-refractivity contribution in [3.05, 3.63) is 71.3 Å². The van der Waals surface area contributed by atoms with E-state index in [-0.39, 0.29) is 11.3 Å². The fourth-order valence-electron chi connectivity index (χ4n) is 3.49. The smallest absolute Gasteiger partial charge is 0.295 e. The average Bonchev–Trinajstić information content (AvgIpc) is 2.98. The standard InChI is InChI=1S/C24H27NO4/c1-4-13-25-21(17-9-6-5-7-10-17)20(23(27)24(25)28)22(26)18-11-8-12-19(14-18)29-15-16(2)3/h5-12,14,16,21,26H,4,13,15H2,1-3H3/b22-20-. The summed E-state index contributed by atoms with van der Waals surface area (Å²) in [4.78, 5) is 27.1. The van der Waals surface area contributed by atoms with Gasteiger partial charge in [0.15, 0.2) is 0 Å². The van der Waals surface area contributed by atoms with Gasteiger partial charge in [-0.1, -0.05) is 63.2 Å². The molecule has 5 nitrogen and oxygen atoms in total. The lowest BCUT2D eigenvalue weighted by atomic mass is 9.95. The molecule has 3 rings (SSSR count). The summed E-state index contributed by atoms with van der Waals surface area (Å²) in [6.45, 7) is 7.06. The molecule has 5 heteroatoms. The third-order valence-corrected chi connectivity index (χ3v) is 4.81. The van der Waals surface area contributed by atoms with Gasteiger partial charge in [-0.3, -0.25) is 9.59 Å². The predicted molar refractivity (Wildman–Crippen MR) is 113 cm³/mol. The van der Waals surface area contributed by atoms with Gasteiger partial charge in [-0.25, -0.2) is 0 Å². The number of hydrogen-bond acceptors (Lipinski definition) is 4. The number of nitrogens with zero attached hydrogens (tertiary/aromatic N) is 1. The molecule has 152 valence electrons. The number of carbonyl (C=O) groups is 2. The molecule has 1 heterocycles. The van der Waals surface area contributed by atoms with Crippen molar-refractivity contribution in [2.24, 2.45) is 5.92 Å². The highest BCUT2D eigenvalue weighted by molar-refractivity contribution is 6.46. The summed E-state index contributed by atoms with van der Waals surface area (Å²) < 4.78 is 5.74. The van der Waals surface area contributed by atoms with Crippen LogP contribution >= 0.6 is 0 Å². The topological polar surface area (TPSA) is 66.8 Å². The Morgan fingerprint density at radius 1 is 1.10 bits per heavy atom. The van der Waals surface area contributed by atoms with Crippen LogP contribution in [0.3, 0.4) is 0 Å². The van der Waals surface area contributed by atoms with Crippen LogP contribution in [0.1, 0.15) is 44.4 Å². The van der Waals surface area contributed by atoms with Crippen molar-refractivity contribution in [1.82, 2.24) is 4.90 Å². The van der Waals surface area contributed by atoms with E-state index in [1.807, 2.05) is 43.3 Å². The van der Waals surface area contributed by atoms with Crippen LogP contribution in [0.4, 0.5) is 0 Å². The minimum atomic E-state index is -0.654. The number of aliphatic hydroxyl groups excluding tert-OH is 1. The number of ketones is 1. The van der Waals surface area contributed by atoms with Gasteiger partial charge in [0.1, 0.15) is 11.5 Å². The van der Waals surface area contributed by atoms with Crippen LogP contribution in [-0.4, -0.2) is 34.8 Å². The molecule has 0 aromatic heterocycles. The quantitative estimate of drug-likeness (QED) is 0.426. The summed E-state index contributed by atoms with van der Waals surface area (Å²) >= 11 is 0. The van der Waals surface area contributed by atoms with Gasteiger partial charge in [0.2, 0.25) is 0 Å². The number of ether oxygens (including phenoxy) is 1. The van der Waals surface area contributed by atoms with Crippen molar-refractivity contribution in [3.8, 4) is 5.75 Å². The number of Topliss-reactive ketones (excluding diaryl/α,β-unsaturated/α-hetero) is 1. The number of benzene rings is 2. The van der Waals surface area contributed by atoms with Gasteiger partial charge in [0, 0.05) is 12.1 Å². The Kier molecular flexibility index (Phi) is 6.37. The van der Waals surface area contributed by atoms with Crippen LogP contribution in [0.2, 0.25) is 0 Å². The van der Waals surface area contributed by atoms with Gasteiger partial charge in [-0.05, 0) is 30.0 Å². The molecule has 1 N–H and O–H groups in total. The van der Waals surface area contributed by atoms with Crippen LogP contribution in [0.25, 0.3) is 5.76 Å².